The molecule has 0 aliphatic carbocycles. The van der Waals surface area contributed by atoms with Crippen LogP contribution in [0.2, 0.25) is 0 Å². The van der Waals surface area contributed by atoms with Crippen molar-refractivity contribution < 1.29 is 13.2 Å². The summed E-state index contributed by atoms with van der Waals surface area (Å²) in [5.41, 5.74) is -0.288. The van der Waals surface area contributed by atoms with Crippen LogP contribution in [-0.4, -0.2) is 56.3 Å². The molecule has 3 aromatic heterocycles. The summed E-state index contributed by atoms with van der Waals surface area (Å²) in [6.07, 6.45) is -0.227. The molecular formula is C14H13F3N8. The number of alkyl halides is 3. The van der Waals surface area contributed by atoms with E-state index < -0.39 is 11.9 Å². The van der Waals surface area contributed by atoms with Crippen LogP contribution in [0, 0.1) is 0 Å². The van der Waals surface area contributed by atoms with Crippen LogP contribution in [0.5, 0.6) is 0 Å². The van der Waals surface area contributed by atoms with Gasteiger partial charge in [0.2, 0.25) is 5.95 Å². The van der Waals surface area contributed by atoms with E-state index in [9.17, 15) is 13.2 Å². The number of piperazine rings is 1. The Balaban J connectivity index is 1.51. The number of hydrogen-bond acceptors (Lipinski definition) is 7. The molecule has 1 aliphatic rings. The molecule has 1 fully saturated rings. The van der Waals surface area contributed by atoms with Crippen LogP contribution in [0.25, 0.3) is 11.0 Å². The summed E-state index contributed by atoms with van der Waals surface area (Å²) in [4.78, 5) is 19.8. The minimum absolute atomic E-state index is 0.0885. The van der Waals surface area contributed by atoms with Gasteiger partial charge in [-0.3, -0.25) is 5.10 Å². The smallest absolute Gasteiger partial charge is 0.352 e. The largest absolute Gasteiger partial charge is 0.433 e. The number of anilines is 2. The number of nitrogens with one attached hydrogen (secondary N) is 1. The maximum atomic E-state index is 12.8. The lowest BCUT2D eigenvalue weighted by Crippen LogP contribution is -2.47. The van der Waals surface area contributed by atoms with Gasteiger partial charge in [0.1, 0.15) is 17.8 Å². The Bertz CT molecular complexity index is 885. The molecule has 0 spiro atoms. The number of aromatic amines is 1. The zero-order valence-electron chi connectivity index (χ0n) is 12.9. The molecule has 4 heterocycles. The second-order valence-corrected chi connectivity index (χ2v) is 5.54. The fourth-order valence-electron chi connectivity index (χ4n) is 2.78. The number of H-pyrrole nitrogens is 1. The molecule has 0 aromatic carbocycles. The van der Waals surface area contributed by atoms with Gasteiger partial charge in [0.05, 0.1) is 11.6 Å². The minimum atomic E-state index is -4.48. The van der Waals surface area contributed by atoms with Crippen LogP contribution in [0.15, 0.2) is 24.8 Å². The minimum Gasteiger partial charge on any atom is -0.352 e. The van der Waals surface area contributed by atoms with Crippen molar-refractivity contribution in [3.63, 3.8) is 0 Å². The van der Waals surface area contributed by atoms with Crippen molar-refractivity contribution in [3.8, 4) is 0 Å². The number of aromatic nitrogens is 6. The average Bonchev–Trinajstić information content (AvgIpc) is 3.10. The first kappa shape index (κ1) is 15.5. The van der Waals surface area contributed by atoms with Gasteiger partial charge in [-0.15, -0.1) is 0 Å². The van der Waals surface area contributed by atoms with Crippen molar-refractivity contribution in [2.24, 2.45) is 0 Å². The van der Waals surface area contributed by atoms with E-state index in [0.717, 1.165) is 23.5 Å². The highest BCUT2D eigenvalue weighted by Crippen LogP contribution is 2.28. The van der Waals surface area contributed by atoms with E-state index in [1.165, 1.54) is 6.33 Å². The van der Waals surface area contributed by atoms with Gasteiger partial charge in [0.15, 0.2) is 5.65 Å². The fraction of sp³-hybridized carbons (Fsp3) is 0.357. The summed E-state index contributed by atoms with van der Waals surface area (Å²) in [6, 6.07) is 0.871. The third-order valence-electron chi connectivity index (χ3n) is 4.02. The Hall–Kier alpha value is -2.98. The van der Waals surface area contributed by atoms with Crippen LogP contribution in [0.4, 0.5) is 24.9 Å². The van der Waals surface area contributed by atoms with E-state index in [-0.39, 0.29) is 5.95 Å². The molecular weight excluding hydrogens is 337 g/mol. The molecule has 0 radical (unpaired) electrons. The molecule has 0 atom stereocenters. The standard InChI is InChI=1S/C14H13F3N8/c15-14(16,17)10-1-2-18-13(22-10)25-5-3-24(4-6-25)12-9-7-21-23-11(9)19-8-20-12/h1-2,7-8H,3-6H2,(H,19,20,21,23). The van der Waals surface area contributed by atoms with Gasteiger partial charge < -0.3 is 9.80 Å². The fourth-order valence-corrected chi connectivity index (χ4v) is 2.78. The first-order valence-corrected chi connectivity index (χ1v) is 7.56. The van der Waals surface area contributed by atoms with E-state index in [2.05, 4.69) is 30.1 Å². The molecule has 0 amide bonds. The zero-order chi connectivity index (χ0) is 17.4. The Kier molecular flexibility index (Phi) is 3.62. The molecule has 130 valence electrons. The highest BCUT2D eigenvalue weighted by atomic mass is 19.4. The SMILES string of the molecule is FC(F)(F)c1ccnc(N2CCN(c3ncnc4[nH]ncc34)CC2)n1. The highest BCUT2D eigenvalue weighted by Gasteiger charge is 2.33. The molecule has 8 nitrogen and oxygen atoms in total. The van der Waals surface area contributed by atoms with Gasteiger partial charge in [-0.2, -0.15) is 18.3 Å². The normalized spacial score (nSPS) is 15.8. The highest BCUT2D eigenvalue weighted by molar-refractivity contribution is 5.86. The van der Waals surface area contributed by atoms with Crippen LogP contribution < -0.4 is 9.80 Å². The van der Waals surface area contributed by atoms with Crippen molar-refractivity contribution in [2.45, 2.75) is 6.18 Å². The van der Waals surface area contributed by atoms with Gasteiger partial charge in [0, 0.05) is 32.4 Å². The summed E-state index contributed by atoms with van der Waals surface area (Å²) >= 11 is 0. The molecule has 25 heavy (non-hydrogen) atoms. The molecule has 0 unspecified atom stereocenters. The summed E-state index contributed by atoms with van der Waals surface area (Å²) < 4.78 is 38.4. The van der Waals surface area contributed by atoms with Gasteiger partial charge in [-0.1, -0.05) is 0 Å². The van der Waals surface area contributed by atoms with Crippen LogP contribution in [-0.2, 0) is 6.18 Å². The number of halogens is 3. The summed E-state index contributed by atoms with van der Waals surface area (Å²) in [7, 11) is 0. The van der Waals surface area contributed by atoms with Crippen molar-refractivity contribution in [2.75, 3.05) is 36.0 Å². The van der Waals surface area contributed by atoms with E-state index >= 15 is 0 Å². The van der Waals surface area contributed by atoms with Crippen LogP contribution in [0.3, 0.4) is 0 Å². The summed E-state index contributed by atoms with van der Waals surface area (Å²) in [6.45, 7) is 2.14. The summed E-state index contributed by atoms with van der Waals surface area (Å²) in [5.74, 6) is 0.842. The Morgan fingerprint density at radius 1 is 1.00 bits per heavy atom. The van der Waals surface area contributed by atoms with Gasteiger partial charge in [-0.05, 0) is 6.07 Å². The molecule has 0 bridgehead atoms. The van der Waals surface area contributed by atoms with Crippen molar-refractivity contribution in [1.82, 2.24) is 30.1 Å². The molecule has 0 saturated carbocycles. The predicted molar refractivity (Wildman–Crippen MR) is 83.1 cm³/mol. The average molecular weight is 350 g/mol. The Morgan fingerprint density at radius 3 is 2.52 bits per heavy atom. The van der Waals surface area contributed by atoms with Crippen molar-refractivity contribution >= 4 is 22.8 Å². The third-order valence-corrected chi connectivity index (χ3v) is 4.02. The monoisotopic (exact) mass is 350 g/mol. The van der Waals surface area contributed by atoms with Gasteiger partial charge >= 0.3 is 6.18 Å². The quantitative estimate of drug-likeness (QED) is 0.749. The predicted octanol–water partition coefficient (Wildman–Crippen LogP) is 1.49. The lowest BCUT2D eigenvalue weighted by Gasteiger charge is -2.35. The second-order valence-electron chi connectivity index (χ2n) is 5.54. The summed E-state index contributed by atoms with van der Waals surface area (Å²) in [5, 5.41) is 7.56. The molecule has 1 aliphatic heterocycles. The lowest BCUT2D eigenvalue weighted by molar-refractivity contribution is -0.141. The topological polar surface area (TPSA) is 86.7 Å². The molecule has 1 N–H and O–H groups in total. The molecule has 3 aromatic rings. The number of rotatable bonds is 2. The van der Waals surface area contributed by atoms with Crippen molar-refractivity contribution in [1.29, 1.82) is 0 Å². The van der Waals surface area contributed by atoms with Crippen LogP contribution in [0.1, 0.15) is 5.69 Å². The maximum absolute atomic E-state index is 12.8. The van der Waals surface area contributed by atoms with E-state index in [0.29, 0.717) is 31.8 Å². The first-order valence-electron chi connectivity index (χ1n) is 7.56. The van der Waals surface area contributed by atoms with Crippen LogP contribution >= 0.6 is 0 Å². The molecule has 1 saturated heterocycles. The second kappa shape index (κ2) is 5.83. The maximum Gasteiger partial charge on any atom is 0.433 e. The third kappa shape index (κ3) is 2.92. The first-order chi connectivity index (χ1) is 12.0. The molecule has 4 rings (SSSR count). The van der Waals surface area contributed by atoms with E-state index in [4.69, 9.17) is 0 Å². The Morgan fingerprint density at radius 2 is 1.76 bits per heavy atom. The zero-order valence-corrected chi connectivity index (χ0v) is 12.9. The lowest BCUT2D eigenvalue weighted by atomic mass is 10.3. The van der Waals surface area contributed by atoms with Gasteiger partial charge in [0.25, 0.3) is 0 Å². The van der Waals surface area contributed by atoms with E-state index in [1.54, 1.807) is 11.1 Å². The van der Waals surface area contributed by atoms with E-state index in [1.807, 2.05) is 4.90 Å². The number of fused-ring (bicyclic) bond motifs is 1. The molecule has 11 heteroatoms. The van der Waals surface area contributed by atoms with Crippen molar-refractivity contribution in [3.05, 3.63) is 30.5 Å². The van der Waals surface area contributed by atoms with Gasteiger partial charge in [-0.25, -0.2) is 19.9 Å². The number of nitrogens with zero attached hydrogens (tertiary/aromatic N) is 7. The number of hydrogen-bond donors (Lipinski definition) is 1. The Labute approximate surface area is 139 Å².